The average Bonchev–Trinajstić information content (AvgIpc) is 2.42. The van der Waals surface area contributed by atoms with Gasteiger partial charge < -0.3 is 14.9 Å². The summed E-state index contributed by atoms with van der Waals surface area (Å²) in [6.45, 7) is 11.4. The van der Waals surface area contributed by atoms with Crippen LogP contribution < -0.4 is 0 Å². The Kier molecular flexibility index (Phi) is 6.49. The van der Waals surface area contributed by atoms with E-state index in [2.05, 4.69) is 20.8 Å². The molecule has 1 heterocycles. The predicted octanol–water partition coefficient (Wildman–Crippen LogP) is 3.05. The molecule has 122 valence electrons. The molecule has 2 atom stereocenters. The second-order valence-electron chi connectivity index (χ2n) is 6.77. The van der Waals surface area contributed by atoms with Crippen molar-refractivity contribution >= 4 is 12.0 Å². The number of likely N-dealkylation sites (tertiary alicyclic amines) is 1. The van der Waals surface area contributed by atoms with Gasteiger partial charge in [0.15, 0.2) is 0 Å². The molecule has 1 rings (SSSR count). The lowest BCUT2D eigenvalue weighted by Crippen LogP contribution is -2.56. The summed E-state index contributed by atoms with van der Waals surface area (Å²) in [4.78, 5) is 27.7. The van der Waals surface area contributed by atoms with E-state index in [1.165, 1.54) is 0 Å². The zero-order valence-electron chi connectivity index (χ0n) is 14.0. The summed E-state index contributed by atoms with van der Waals surface area (Å²) < 4.78 is 0. The van der Waals surface area contributed by atoms with Crippen molar-refractivity contribution < 1.29 is 14.7 Å². The summed E-state index contributed by atoms with van der Waals surface area (Å²) in [5, 5.41) is 9.46. The maximum atomic E-state index is 12.8. The Balaban J connectivity index is 2.88. The molecule has 21 heavy (non-hydrogen) atoms. The molecule has 1 fully saturated rings. The van der Waals surface area contributed by atoms with E-state index in [1.807, 2.05) is 13.8 Å². The molecule has 5 nitrogen and oxygen atoms in total. The van der Waals surface area contributed by atoms with Gasteiger partial charge in [-0.15, -0.1) is 0 Å². The molecule has 0 aromatic carbocycles. The van der Waals surface area contributed by atoms with E-state index in [-0.39, 0.29) is 12.1 Å². The molecule has 0 saturated carbocycles. The number of aliphatic carboxylic acids is 1. The van der Waals surface area contributed by atoms with E-state index < -0.39 is 12.0 Å². The Labute approximate surface area is 128 Å². The van der Waals surface area contributed by atoms with Crippen molar-refractivity contribution in [1.82, 2.24) is 9.80 Å². The van der Waals surface area contributed by atoms with Crippen LogP contribution in [0.5, 0.6) is 0 Å². The Morgan fingerprint density at radius 1 is 1.29 bits per heavy atom. The first-order chi connectivity index (χ1) is 9.77. The van der Waals surface area contributed by atoms with Crippen LogP contribution in [0.25, 0.3) is 0 Å². The molecule has 1 aliphatic heterocycles. The fourth-order valence-corrected chi connectivity index (χ4v) is 2.94. The van der Waals surface area contributed by atoms with Gasteiger partial charge in [-0.05, 0) is 38.5 Å². The van der Waals surface area contributed by atoms with Gasteiger partial charge in [0.1, 0.15) is 6.04 Å². The lowest BCUT2D eigenvalue weighted by Gasteiger charge is -2.41. The average molecular weight is 298 g/mol. The molecule has 0 aromatic heterocycles. The highest BCUT2D eigenvalue weighted by molar-refractivity contribution is 5.83. The summed E-state index contributed by atoms with van der Waals surface area (Å²) in [5.41, 5.74) is 0. The van der Waals surface area contributed by atoms with Crippen LogP contribution in [0, 0.1) is 11.8 Å². The van der Waals surface area contributed by atoms with Crippen molar-refractivity contribution in [3.8, 4) is 0 Å². The van der Waals surface area contributed by atoms with Crippen molar-refractivity contribution in [2.24, 2.45) is 11.8 Å². The van der Waals surface area contributed by atoms with E-state index in [0.717, 1.165) is 12.8 Å². The summed E-state index contributed by atoms with van der Waals surface area (Å²) >= 11 is 0. The molecule has 5 heteroatoms. The van der Waals surface area contributed by atoms with Gasteiger partial charge in [0.05, 0.1) is 0 Å². The molecule has 2 amide bonds. The predicted molar refractivity (Wildman–Crippen MR) is 83.2 cm³/mol. The van der Waals surface area contributed by atoms with Crippen molar-refractivity contribution in [2.45, 2.75) is 66.0 Å². The number of urea groups is 1. The first kappa shape index (κ1) is 17.8. The summed E-state index contributed by atoms with van der Waals surface area (Å²) in [5.74, 6) is -0.102. The van der Waals surface area contributed by atoms with Crippen LogP contribution in [0.2, 0.25) is 0 Å². The van der Waals surface area contributed by atoms with Gasteiger partial charge in [-0.3, -0.25) is 0 Å². The number of hydrogen-bond donors (Lipinski definition) is 1. The molecular weight excluding hydrogens is 268 g/mol. The topological polar surface area (TPSA) is 60.9 Å². The molecule has 0 aliphatic carbocycles. The highest BCUT2D eigenvalue weighted by atomic mass is 16.4. The van der Waals surface area contributed by atoms with Gasteiger partial charge in [-0.2, -0.15) is 0 Å². The number of nitrogens with zero attached hydrogens (tertiary/aromatic N) is 2. The van der Waals surface area contributed by atoms with Crippen LogP contribution >= 0.6 is 0 Å². The Hall–Kier alpha value is -1.26. The minimum absolute atomic E-state index is 0.0817. The van der Waals surface area contributed by atoms with Crippen molar-refractivity contribution in [2.75, 3.05) is 13.1 Å². The third kappa shape index (κ3) is 4.61. The normalized spacial score (nSPS) is 22.7. The first-order valence-electron chi connectivity index (χ1n) is 8.07. The van der Waals surface area contributed by atoms with Gasteiger partial charge in [0, 0.05) is 19.1 Å². The lowest BCUT2D eigenvalue weighted by molar-refractivity contribution is -0.144. The Morgan fingerprint density at radius 2 is 1.90 bits per heavy atom. The van der Waals surface area contributed by atoms with E-state index in [4.69, 9.17) is 0 Å². The maximum Gasteiger partial charge on any atom is 0.326 e. The number of piperidine rings is 1. The van der Waals surface area contributed by atoms with Crippen molar-refractivity contribution in [3.05, 3.63) is 0 Å². The van der Waals surface area contributed by atoms with Gasteiger partial charge in [-0.25, -0.2) is 9.59 Å². The number of hydrogen-bond acceptors (Lipinski definition) is 2. The molecular formula is C16H30N2O3. The molecule has 1 aliphatic rings. The van der Waals surface area contributed by atoms with Crippen LogP contribution in [-0.4, -0.2) is 52.1 Å². The number of rotatable bonds is 5. The van der Waals surface area contributed by atoms with Crippen LogP contribution in [-0.2, 0) is 4.79 Å². The van der Waals surface area contributed by atoms with Crippen molar-refractivity contribution in [3.63, 3.8) is 0 Å². The minimum atomic E-state index is -0.880. The summed E-state index contributed by atoms with van der Waals surface area (Å²) in [6.07, 6.45) is 2.45. The molecule has 0 spiro atoms. The van der Waals surface area contributed by atoms with Gasteiger partial charge >= 0.3 is 12.0 Å². The zero-order chi connectivity index (χ0) is 16.2. The Bertz CT molecular complexity index is 369. The van der Waals surface area contributed by atoms with E-state index >= 15 is 0 Å². The second-order valence-corrected chi connectivity index (χ2v) is 6.77. The zero-order valence-corrected chi connectivity index (χ0v) is 14.0. The second kappa shape index (κ2) is 7.66. The number of carboxylic acid groups (broad SMARTS) is 1. The molecule has 2 unspecified atom stereocenters. The first-order valence-corrected chi connectivity index (χ1v) is 8.07. The largest absolute Gasteiger partial charge is 0.480 e. The SMILES string of the molecule is CCC1CCN(C(=O)N(CC(C)C)C(C)C)C(C(=O)O)C1. The van der Waals surface area contributed by atoms with Gasteiger partial charge in [-0.1, -0.05) is 27.2 Å². The summed E-state index contributed by atoms with van der Waals surface area (Å²) in [6, 6.07) is -0.719. The molecule has 0 radical (unpaired) electrons. The van der Waals surface area contributed by atoms with E-state index in [9.17, 15) is 14.7 Å². The van der Waals surface area contributed by atoms with Gasteiger partial charge in [0.25, 0.3) is 0 Å². The lowest BCUT2D eigenvalue weighted by atomic mass is 9.89. The van der Waals surface area contributed by atoms with E-state index in [1.54, 1.807) is 9.80 Å². The molecule has 1 saturated heterocycles. The fourth-order valence-electron chi connectivity index (χ4n) is 2.94. The summed E-state index contributed by atoms with van der Waals surface area (Å²) in [7, 11) is 0. The fraction of sp³-hybridized carbons (Fsp3) is 0.875. The highest BCUT2D eigenvalue weighted by Gasteiger charge is 2.38. The third-order valence-corrected chi connectivity index (χ3v) is 4.25. The Morgan fingerprint density at radius 3 is 2.33 bits per heavy atom. The maximum absolute atomic E-state index is 12.8. The van der Waals surface area contributed by atoms with Crippen LogP contribution in [0.15, 0.2) is 0 Å². The van der Waals surface area contributed by atoms with E-state index in [0.29, 0.717) is 31.3 Å². The quantitative estimate of drug-likeness (QED) is 0.848. The minimum Gasteiger partial charge on any atom is -0.480 e. The van der Waals surface area contributed by atoms with Crippen LogP contribution in [0.4, 0.5) is 4.79 Å². The standard InChI is InChI=1S/C16H30N2O3/c1-6-13-7-8-17(14(9-13)15(19)20)16(21)18(12(4)5)10-11(2)3/h11-14H,6-10H2,1-5H3,(H,19,20). The monoisotopic (exact) mass is 298 g/mol. The number of amides is 2. The molecule has 0 bridgehead atoms. The smallest absolute Gasteiger partial charge is 0.326 e. The number of carbonyl (C=O) groups is 2. The molecule has 1 N–H and O–H groups in total. The van der Waals surface area contributed by atoms with Crippen LogP contribution in [0.3, 0.4) is 0 Å². The van der Waals surface area contributed by atoms with Gasteiger partial charge in [0.2, 0.25) is 0 Å². The highest BCUT2D eigenvalue weighted by Crippen LogP contribution is 2.27. The number of carboxylic acids is 1. The van der Waals surface area contributed by atoms with Crippen LogP contribution in [0.1, 0.15) is 53.9 Å². The third-order valence-electron chi connectivity index (χ3n) is 4.25. The van der Waals surface area contributed by atoms with Crippen molar-refractivity contribution in [1.29, 1.82) is 0 Å². The molecule has 0 aromatic rings. The number of carbonyl (C=O) groups excluding carboxylic acids is 1.